The van der Waals surface area contributed by atoms with Crippen LogP contribution in [0.5, 0.6) is 5.75 Å². The number of nitrogens with one attached hydrogen (secondary N) is 13. The number of rotatable bonds is 24. The van der Waals surface area contributed by atoms with E-state index in [1.165, 1.54) is 12.0 Å². The second-order valence-electron chi connectivity index (χ2n) is 16.1. The molecule has 4 aromatic carbocycles. The molecule has 400 valence electrons. The lowest BCUT2D eigenvalue weighted by Crippen LogP contribution is -2.68. The topological polar surface area (TPSA) is 478 Å². The number of guanidine groups is 4. The predicted octanol–water partition coefficient (Wildman–Crippen LogP) is -2.03. The van der Waals surface area contributed by atoms with E-state index in [1.54, 1.807) is 109 Å². The molecule has 0 radical (unpaired) electrons. The van der Waals surface area contributed by atoms with Gasteiger partial charge in [0, 0.05) is 34.3 Å². The summed E-state index contributed by atoms with van der Waals surface area (Å²) >= 11 is 12.5. The molecule has 5 aromatic rings. The van der Waals surface area contributed by atoms with Crippen LogP contribution >= 0.6 is 23.2 Å². The van der Waals surface area contributed by atoms with Crippen LogP contribution in [-0.4, -0.2) is 113 Å². The molecule has 0 spiro atoms. The molecule has 30 heteroatoms. The molecule has 24 N–H and O–H groups in total. The number of anilines is 1. The number of carbonyl (C=O) groups excluding carboxylic acids is 5. The van der Waals surface area contributed by atoms with Crippen molar-refractivity contribution in [2.24, 2.45) is 28.7 Å². The number of ether oxygens (including phenoxy) is 1. The maximum Gasteiger partial charge on any atom is 0.265 e. The van der Waals surface area contributed by atoms with E-state index < -0.39 is 90.3 Å². The third-order valence-electron chi connectivity index (χ3n) is 10.4. The number of nitrogens with two attached hydrogens (primary N) is 5. The largest absolute Gasteiger partial charge is 0.497 e. The Kier molecular flexibility index (Phi) is 20.4. The summed E-state index contributed by atoms with van der Waals surface area (Å²) in [5, 5.41) is 64.4. The maximum atomic E-state index is 14.5. The molecule has 76 heavy (non-hydrogen) atoms. The van der Waals surface area contributed by atoms with Gasteiger partial charge in [-0.3, -0.25) is 50.9 Å². The Labute approximate surface area is 443 Å². The standard InChI is InChI=1S/C46H55Cl2N21O7/c1-76-28-17-7-22(8-18-28)21-69(46-59-29(23-9-13-26(47)14-10-23)19-30(60-46)24-11-15-27(48)16-12-24)31(70)20-58-32(25-5-3-2-4-6-25)38(72)62-35(66-43(52)53)40(74)64-37(68-45(56)57)41(75)63-36(67-44(54)55)39(73)61-34(33(49)71)65-42(50)51/h2-19,31-32,34-37,58,70H,20-21H2,1H3,(H2,49,71)(H,61,73)(H,62,72)(H,63,75)(H,64,74)(H4,50,51,65)(H4,52,53,66)(H4,54,55,67)(H4,56,57,68). The van der Waals surface area contributed by atoms with Crippen LogP contribution < -0.4 is 86.2 Å². The SMILES string of the molecule is COc1ccc(CN(c2nc(-c3ccc(Cl)cc3)cc(-c3ccc(Cl)cc3)n2)C(O)CNC(C(=O)NC(NC(=N)N)C(=O)NC(NC(=N)N)C(=O)NC(NC(=N)N)C(=O)NC(NC(=N)N)C(N)=O)c2ccccc2)cc1. The quantitative estimate of drug-likeness (QED) is 0.0180. The van der Waals surface area contributed by atoms with Crippen LogP contribution in [0.4, 0.5) is 5.95 Å². The van der Waals surface area contributed by atoms with Gasteiger partial charge in [-0.15, -0.1) is 0 Å². The number of halogens is 2. The fraction of sp³-hybridized carbons (Fsp3) is 0.196. The molecular formula is C46H55Cl2N21O7. The summed E-state index contributed by atoms with van der Waals surface area (Å²) in [4.78, 5) is 78.5. The van der Waals surface area contributed by atoms with Gasteiger partial charge in [0.1, 0.15) is 18.0 Å². The summed E-state index contributed by atoms with van der Waals surface area (Å²) in [5.74, 6) is -8.75. The summed E-state index contributed by atoms with van der Waals surface area (Å²) in [6, 6.07) is 29.5. The van der Waals surface area contributed by atoms with Crippen LogP contribution in [0.15, 0.2) is 109 Å². The van der Waals surface area contributed by atoms with Gasteiger partial charge in [0.05, 0.1) is 18.5 Å². The van der Waals surface area contributed by atoms with Crippen molar-refractivity contribution in [3.05, 3.63) is 130 Å². The molecular weight excluding hydrogens is 1030 g/mol. The molecule has 0 fully saturated rings. The van der Waals surface area contributed by atoms with E-state index in [0.29, 0.717) is 49.4 Å². The summed E-state index contributed by atoms with van der Waals surface area (Å²) in [6.07, 6.45) is -9.30. The van der Waals surface area contributed by atoms with Gasteiger partial charge in [-0.05, 0) is 53.6 Å². The highest BCUT2D eigenvalue weighted by Gasteiger charge is 2.34. The van der Waals surface area contributed by atoms with Crippen LogP contribution in [-0.2, 0) is 30.5 Å². The smallest absolute Gasteiger partial charge is 0.265 e. The van der Waals surface area contributed by atoms with E-state index in [4.69, 9.17) is 88.2 Å². The van der Waals surface area contributed by atoms with Gasteiger partial charge in [-0.2, -0.15) is 0 Å². The Balaban J connectivity index is 1.45. The van der Waals surface area contributed by atoms with Gasteiger partial charge in [0.25, 0.3) is 23.6 Å². The molecule has 6 unspecified atom stereocenters. The van der Waals surface area contributed by atoms with Gasteiger partial charge in [-0.1, -0.05) is 89.9 Å². The van der Waals surface area contributed by atoms with Crippen molar-refractivity contribution < 1.29 is 33.8 Å². The summed E-state index contributed by atoms with van der Waals surface area (Å²) in [6.45, 7) is -0.349. The normalized spacial score (nSPS) is 13.1. The first kappa shape index (κ1) is 57.4. The third kappa shape index (κ3) is 17.0. The van der Waals surface area contributed by atoms with E-state index in [1.807, 2.05) is 5.32 Å². The van der Waals surface area contributed by atoms with Crippen molar-refractivity contribution in [2.75, 3.05) is 18.6 Å². The zero-order chi connectivity index (χ0) is 55.6. The first-order valence-corrected chi connectivity index (χ1v) is 23.1. The molecule has 0 saturated heterocycles. The molecule has 28 nitrogen and oxygen atoms in total. The monoisotopic (exact) mass is 1080 g/mol. The lowest BCUT2D eigenvalue weighted by Gasteiger charge is -2.31. The van der Waals surface area contributed by atoms with Crippen LogP contribution in [0.1, 0.15) is 17.2 Å². The average molecular weight is 1080 g/mol. The number of aliphatic hydroxyl groups excluding tert-OH is 1. The van der Waals surface area contributed by atoms with Crippen molar-refractivity contribution in [3.8, 4) is 28.3 Å². The Morgan fingerprint density at radius 2 is 0.987 bits per heavy atom. The minimum atomic E-state index is -2.06. The maximum absolute atomic E-state index is 14.5. The molecule has 5 amide bonds. The van der Waals surface area contributed by atoms with Crippen molar-refractivity contribution in [3.63, 3.8) is 0 Å². The molecule has 0 aliphatic carbocycles. The molecule has 1 heterocycles. The highest BCUT2D eigenvalue weighted by atomic mass is 35.5. The van der Waals surface area contributed by atoms with Gasteiger partial charge < -0.3 is 85.9 Å². The number of benzene rings is 4. The molecule has 0 aliphatic heterocycles. The van der Waals surface area contributed by atoms with Crippen molar-refractivity contribution in [1.29, 1.82) is 21.6 Å². The number of primary amides is 1. The van der Waals surface area contributed by atoms with Crippen LogP contribution in [0, 0.1) is 21.6 Å². The van der Waals surface area contributed by atoms with Crippen molar-refractivity contribution in [2.45, 2.75) is 43.5 Å². The molecule has 0 bridgehead atoms. The van der Waals surface area contributed by atoms with E-state index in [-0.39, 0.29) is 19.0 Å². The number of nitrogens with zero attached hydrogens (tertiary/aromatic N) is 3. The number of methoxy groups -OCH3 is 1. The van der Waals surface area contributed by atoms with E-state index >= 15 is 0 Å². The highest BCUT2D eigenvalue weighted by molar-refractivity contribution is 6.31. The highest BCUT2D eigenvalue weighted by Crippen LogP contribution is 2.30. The fourth-order valence-corrected chi connectivity index (χ4v) is 7.13. The van der Waals surface area contributed by atoms with E-state index in [9.17, 15) is 29.1 Å². The number of aromatic nitrogens is 2. The van der Waals surface area contributed by atoms with E-state index in [0.717, 1.165) is 0 Å². The minimum absolute atomic E-state index is 0.0220. The number of hydrogen-bond acceptors (Lipinski definition) is 15. The summed E-state index contributed by atoms with van der Waals surface area (Å²) in [7, 11) is 1.53. The first-order chi connectivity index (χ1) is 36.1. The molecule has 6 atom stereocenters. The van der Waals surface area contributed by atoms with Crippen LogP contribution in [0.3, 0.4) is 0 Å². The lowest BCUT2D eigenvalue weighted by molar-refractivity contribution is -0.135. The van der Waals surface area contributed by atoms with Gasteiger partial charge in [0.2, 0.25) is 11.9 Å². The minimum Gasteiger partial charge on any atom is -0.497 e. The predicted molar refractivity (Wildman–Crippen MR) is 282 cm³/mol. The Morgan fingerprint density at radius 3 is 1.39 bits per heavy atom. The van der Waals surface area contributed by atoms with E-state index in [2.05, 4.69) is 42.5 Å². The van der Waals surface area contributed by atoms with Crippen molar-refractivity contribution in [1.82, 2.24) is 57.8 Å². The summed E-state index contributed by atoms with van der Waals surface area (Å²) in [5.41, 5.74) is 30.4. The Morgan fingerprint density at radius 1 is 0.579 bits per heavy atom. The Hall–Kier alpha value is -9.51. The zero-order valence-corrected chi connectivity index (χ0v) is 41.7. The molecule has 5 rings (SSSR count). The van der Waals surface area contributed by atoms with Gasteiger partial charge >= 0.3 is 0 Å². The fourth-order valence-electron chi connectivity index (χ4n) is 6.88. The second kappa shape index (κ2) is 27.0. The number of amides is 5. The summed E-state index contributed by atoms with van der Waals surface area (Å²) < 4.78 is 5.36. The first-order valence-electron chi connectivity index (χ1n) is 22.3. The zero-order valence-electron chi connectivity index (χ0n) is 40.2. The number of carbonyl (C=O) groups is 5. The molecule has 1 aromatic heterocycles. The van der Waals surface area contributed by atoms with Crippen molar-refractivity contribution >= 4 is 82.5 Å². The van der Waals surface area contributed by atoms with Gasteiger partial charge in [0.15, 0.2) is 48.5 Å². The second-order valence-corrected chi connectivity index (χ2v) is 16.9. The third-order valence-corrected chi connectivity index (χ3v) is 10.9. The lowest BCUT2D eigenvalue weighted by atomic mass is 10.1. The number of aliphatic hydroxyl groups is 1. The Bertz CT molecular complexity index is 2840. The van der Waals surface area contributed by atoms with Gasteiger partial charge in [-0.25, -0.2) is 9.97 Å². The van der Waals surface area contributed by atoms with Crippen LogP contribution in [0.2, 0.25) is 10.0 Å². The van der Waals surface area contributed by atoms with Crippen LogP contribution in [0.25, 0.3) is 22.5 Å². The number of hydrogen-bond donors (Lipinski definition) is 19. The molecule has 0 aliphatic rings. The average Bonchev–Trinajstić information content (AvgIpc) is 3.37. The molecule has 0 saturated carbocycles.